The van der Waals surface area contributed by atoms with E-state index in [4.69, 9.17) is 10.6 Å². The van der Waals surface area contributed by atoms with Crippen molar-refractivity contribution >= 4 is 23.6 Å². The number of carbonyl (C=O) groups excluding carboxylic acids is 2. The summed E-state index contributed by atoms with van der Waals surface area (Å²) < 4.78 is 10.9. The summed E-state index contributed by atoms with van der Waals surface area (Å²) in [7, 11) is 2.86. The fourth-order valence-electron chi connectivity index (χ4n) is 1.88. The summed E-state index contributed by atoms with van der Waals surface area (Å²) in [5.74, 6) is 6.55. The molecule has 1 amide bonds. The van der Waals surface area contributed by atoms with Gasteiger partial charge in [-0.05, 0) is 17.7 Å². The van der Waals surface area contributed by atoms with Gasteiger partial charge in [0.05, 0.1) is 20.0 Å². The molecule has 0 bridgehead atoms. The Kier molecular flexibility index (Phi) is 6.63. The maximum Gasteiger partial charge on any atom is 0.325 e. The molecule has 0 aliphatic rings. The lowest BCUT2D eigenvalue weighted by atomic mass is 10.1. The standard InChI is InChI=1S/C15H19N5O4S/c1-23-11-5-3-10(4-6-11)7-12-18-19-15(20(12)16)25-9-13(21)17-8-14(22)24-2/h3-6H,7-9,16H2,1-2H3,(H,17,21). The van der Waals surface area contributed by atoms with Gasteiger partial charge in [-0.25, -0.2) is 4.68 Å². The first-order valence-electron chi connectivity index (χ1n) is 7.32. The van der Waals surface area contributed by atoms with Crippen LogP contribution in [0, 0.1) is 0 Å². The zero-order chi connectivity index (χ0) is 18.2. The zero-order valence-corrected chi connectivity index (χ0v) is 14.7. The van der Waals surface area contributed by atoms with Gasteiger partial charge in [0.15, 0.2) is 5.82 Å². The van der Waals surface area contributed by atoms with E-state index in [1.165, 1.54) is 11.8 Å². The van der Waals surface area contributed by atoms with Crippen molar-refractivity contribution in [2.45, 2.75) is 11.6 Å². The summed E-state index contributed by atoms with van der Waals surface area (Å²) in [5.41, 5.74) is 1.01. The minimum Gasteiger partial charge on any atom is -0.497 e. The fraction of sp³-hybridized carbons (Fsp3) is 0.333. The Morgan fingerprint density at radius 3 is 2.60 bits per heavy atom. The highest BCUT2D eigenvalue weighted by molar-refractivity contribution is 7.99. The molecule has 0 aliphatic carbocycles. The van der Waals surface area contributed by atoms with E-state index >= 15 is 0 Å². The van der Waals surface area contributed by atoms with E-state index in [0.717, 1.165) is 23.1 Å². The monoisotopic (exact) mass is 365 g/mol. The highest BCUT2D eigenvalue weighted by Gasteiger charge is 2.13. The molecule has 10 heteroatoms. The van der Waals surface area contributed by atoms with Crippen LogP contribution in [0.15, 0.2) is 29.4 Å². The molecule has 2 aromatic rings. The van der Waals surface area contributed by atoms with Gasteiger partial charge in [0, 0.05) is 6.42 Å². The van der Waals surface area contributed by atoms with E-state index in [1.54, 1.807) is 7.11 Å². The molecule has 1 aromatic heterocycles. The summed E-state index contributed by atoms with van der Waals surface area (Å²) >= 11 is 1.13. The van der Waals surface area contributed by atoms with E-state index in [1.807, 2.05) is 24.3 Å². The molecule has 0 atom stereocenters. The van der Waals surface area contributed by atoms with E-state index in [0.29, 0.717) is 17.4 Å². The van der Waals surface area contributed by atoms with Crippen LogP contribution in [-0.2, 0) is 20.7 Å². The van der Waals surface area contributed by atoms with Gasteiger partial charge in [-0.2, -0.15) is 0 Å². The van der Waals surface area contributed by atoms with Crippen molar-refractivity contribution in [1.82, 2.24) is 20.2 Å². The van der Waals surface area contributed by atoms with Gasteiger partial charge >= 0.3 is 5.97 Å². The predicted octanol–water partition coefficient (Wildman–Crippen LogP) is -0.0274. The van der Waals surface area contributed by atoms with Crippen molar-refractivity contribution in [3.05, 3.63) is 35.7 Å². The summed E-state index contributed by atoms with van der Waals surface area (Å²) in [6.45, 7) is -0.173. The Morgan fingerprint density at radius 1 is 1.24 bits per heavy atom. The minimum atomic E-state index is -0.512. The molecule has 1 aromatic carbocycles. The third-order valence-corrected chi connectivity index (χ3v) is 4.19. The number of ether oxygens (including phenoxy) is 2. The number of benzene rings is 1. The Balaban J connectivity index is 1.89. The third-order valence-electron chi connectivity index (χ3n) is 3.25. The van der Waals surface area contributed by atoms with E-state index < -0.39 is 5.97 Å². The topological polar surface area (TPSA) is 121 Å². The molecule has 9 nitrogen and oxygen atoms in total. The Labute approximate surface area is 148 Å². The first-order chi connectivity index (χ1) is 12.0. The Morgan fingerprint density at radius 2 is 1.96 bits per heavy atom. The SMILES string of the molecule is COC(=O)CNC(=O)CSc1nnc(Cc2ccc(OC)cc2)n1N. The van der Waals surface area contributed by atoms with Crippen molar-refractivity contribution in [3.8, 4) is 5.75 Å². The third kappa shape index (κ3) is 5.38. The number of amides is 1. The molecule has 0 aliphatic heterocycles. The summed E-state index contributed by atoms with van der Waals surface area (Å²) in [5, 5.41) is 10.9. The van der Waals surface area contributed by atoms with Crippen LogP contribution in [0.1, 0.15) is 11.4 Å². The van der Waals surface area contributed by atoms with Crippen LogP contribution in [0.3, 0.4) is 0 Å². The number of thioether (sulfide) groups is 1. The van der Waals surface area contributed by atoms with Gasteiger partial charge < -0.3 is 20.6 Å². The number of carbonyl (C=O) groups is 2. The molecule has 0 saturated heterocycles. The first kappa shape index (κ1) is 18.6. The van der Waals surface area contributed by atoms with Crippen LogP contribution in [-0.4, -0.2) is 53.3 Å². The number of aromatic nitrogens is 3. The summed E-state index contributed by atoms with van der Waals surface area (Å²) in [6.07, 6.45) is 0.503. The lowest BCUT2D eigenvalue weighted by molar-refractivity contribution is -0.140. The lowest BCUT2D eigenvalue weighted by Crippen LogP contribution is -2.31. The molecule has 0 fully saturated rings. The quantitative estimate of drug-likeness (QED) is 0.380. The van der Waals surface area contributed by atoms with Crippen molar-refractivity contribution in [1.29, 1.82) is 0 Å². The number of esters is 1. The van der Waals surface area contributed by atoms with Crippen LogP contribution < -0.4 is 15.9 Å². The van der Waals surface area contributed by atoms with Gasteiger partial charge in [0.25, 0.3) is 0 Å². The van der Waals surface area contributed by atoms with Crippen LogP contribution in [0.5, 0.6) is 5.75 Å². The molecular weight excluding hydrogens is 346 g/mol. The average molecular weight is 365 g/mol. The second-order valence-electron chi connectivity index (χ2n) is 4.94. The van der Waals surface area contributed by atoms with Crippen LogP contribution >= 0.6 is 11.8 Å². The molecule has 0 radical (unpaired) electrons. The molecular formula is C15H19N5O4S. The number of methoxy groups -OCH3 is 2. The second kappa shape index (κ2) is 8.92. The van der Waals surface area contributed by atoms with E-state index in [-0.39, 0.29) is 18.2 Å². The largest absolute Gasteiger partial charge is 0.497 e. The highest BCUT2D eigenvalue weighted by atomic mass is 32.2. The van der Waals surface area contributed by atoms with E-state index in [2.05, 4.69) is 20.3 Å². The van der Waals surface area contributed by atoms with Crippen LogP contribution in [0.4, 0.5) is 0 Å². The van der Waals surface area contributed by atoms with Gasteiger partial charge in [-0.1, -0.05) is 23.9 Å². The van der Waals surface area contributed by atoms with Crippen LogP contribution in [0.25, 0.3) is 0 Å². The summed E-state index contributed by atoms with van der Waals surface area (Å²) in [6, 6.07) is 7.54. The number of nitrogen functional groups attached to an aromatic ring is 1. The number of rotatable bonds is 8. The average Bonchev–Trinajstić information content (AvgIpc) is 2.98. The lowest BCUT2D eigenvalue weighted by Gasteiger charge is -2.05. The number of hydrogen-bond acceptors (Lipinski definition) is 8. The van der Waals surface area contributed by atoms with Crippen molar-refractivity contribution in [2.24, 2.45) is 0 Å². The van der Waals surface area contributed by atoms with Gasteiger partial charge in [-0.3, -0.25) is 9.59 Å². The number of nitrogens with zero attached hydrogens (tertiary/aromatic N) is 3. The molecule has 3 N–H and O–H groups in total. The smallest absolute Gasteiger partial charge is 0.325 e. The maximum atomic E-state index is 11.7. The Bertz CT molecular complexity index is 732. The van der Waals surface area contributed by atoms with Gasteiger partial charge in [0.2, 0.25) is 11.1 Å². The number of nitrogens with one attached hydrogen (secondary N) is 1. The fourth-order valence-corrected chi connectivity index (χ4v) is 2.58. The van der Waals surface area contributed by atoms with Crippen LogP contribution in [0.2, 0.25) is 0 Å². The first-order valence-corrected chi connectivity index (χ1v) is 8.30. The molecule has 0 spiro atoms. The minimum absolute atomic E-state index is 0.0643. The van der Waals surface area contributed by atoms with E-state index in [9.17, 15) is 9.59 Å². The predicted molar refractivity (Wildman–Crippen MR) is 91.7 cm³/mol. The maximum absolute atomic E-state index is 11.7. The highest BCUT2D eigenvalue weighted by Crippen LogP contribution is 2.17. The molecule has 1 heterocycles. The van der Waals surface area contributed by atoms with Crippen molar-refractivity contribution in [2.75, 3.05) is 32.4 Å². The van der Waals surface area contributed by atoms with Gasteiger partial charge in [0.1, 0.15) is 12.3 Å². The molecule has 0 saturated carbocycles. The Hall–Kier alpha value is -2.75. The normalized spacial score (nSPS) is 10.3. The number of hydrogen-bond donors (Lipinski definition) is 2. The van der Waals surface area contributed by atoms with Gasteiger partial charge in [-0.15, -0.1) is 10.2 Å². The summed E-state index contributed by atoms with van der Waals surface area (Å²) in [4.78, 5) is 22.6. The molecule has 25 heavy (non-hydrogen) atoms. The molecule has 2 rings (SSSR count). The zero-order valence-electron chi connectivity index (χ0n) is 13.9. The van der Waals surface area contributed by atoms with Crippen molar-refractivity contribution in [3.63, 3.8) is 0 Å². The molecule has 0 unspecified atom stereocenters. The second-order valence-corrected chi connectivity index (χ2v) is 5.88. The number of nitrogens with two attached hydrogens (primary N) is 1. The molecule has 134 valence electrons. The van der Waals surface area contributed by atoms with Crippen molar-refractivity contribution < 1.29 is 19.1 Å².